The molecule has 0 atom stereocenters. The first-order valence-corrected chi connectivity index (χ1v) is 6.17. The summed E-state index contributed by atoms with van der Waals surface area (Å²) in [5, 5.41) is 10.8. The fraction of sp³-hybridized carbons (Fsp3) is 0.500. The summed E-state index contributed by atoms with van der Waals surface area (Å²) in [7, 11) is 3.84. The molecule has 2 rings (SSSR count). The number of hydrogen-bond donors (Lipinski definition) is 1. The van der Waals surface area contributed by atoms with Gasteiger partial charge in [0.2, 0.25) is 5.95 Å². The van der Waals surface area contributed by atoms with Gasteiger partial charge in [-0.25, -0.2) is 9.61 Å². The smallest absolute Gasteiger partial charge is 0.226 e. The van der Waals surface area contributed by atoms with Gasteiger partial charge in [-0.1, -0.05) is 17.2 Å². The molecule has 0 saturated carbocycles. The Morgan fingerprint density at radius 2 is 2.05 bits per heavy atom. The molecule has 2 heterocycles. The van der Waals surface area contributed by atoms with Crippen LogP contribution in [0.2, 0.25) is 0 Å². The SMILES string of the molecule is CCc1cc(NCc2nonc2C)nc(N(C)C)n1. The van der Waals surface area contributed by atoms with Gasteiger partial charge in [-0.2, -0.15) is 4.98 Å². The molecular formula is C12H18N6O. The third-order valence-electron chi connectivity index (χ3n) is 2.71. The molecule has 0 saturated heterocycles. The van der Waals surface area contributed by atoms with E-state index in [0.29, 0.717) is 12.5 Å². The van der Waals surface area contributed by atoms with E-state index in [1.165, 1.54) is 0 Å². The highest BCUT2D eigenvalue weighted by molar-refractivity contribution is 5.43. The minimum atomic E-state index is 0.530. The molecule has 0 bridgehead atoms. The highest BCUT2D eigenvalue weighted by Crippen LogP contribution is 2.14. The second kappa shape index (κ2) is 5.64. The van der Waals surface area contributed by atoms with Crippen molar-refractivity contribution in [2.24, 2.45) is 0 Å². The fourth-order valence-electron chi connectivity index (χ4n) is 1.54. The highest BCUT2D eigenvalue weighted by Gasteiger charge is 2.08. The van der Waals surface area contributed by atoms with Crippen LogP contribution in [0.1, 0.15) is 24.0 Å². The largest absolute Gasteiger partial charge is 0.364 e. The van der Waals surface area contributed by atoms with E-state index in [4.69, 9.17) is 0 Å². The maximum Gasteiger partial charge on any atom is 0.226 e. The Morgan fingerprint density at radius 3 is 2.63 bits per heavy atom. The molecule has 0 aliphatic carbocycles. The van der Waals surface area contributed by atoms with Crippen LogP contribution in [0.4, 0.5) is 11.8 Å². The number of anilines is 2. The van der Waals surface area contributed by atoms with Gasteiger partial charge >= 0.3 is 0 Å². The summed E-state index contributed by atoms with van der Waals surface area (Å²) in [6.45, 7) is 4.45. The third kappa shape index (κ3) is 3.18. The monoisotopic (exact) mass is 262 g/mol. The number of aromatic nitrogens is 4. The zero-order valence-electron chi connectivity index (χ0n) is 11.6. The van der Waals surface area contributed by atoms with E-state index in [0.717, 1.165) is 29.3 Å². The van der Waals surface area contributed by atoms with Crippen molar-refractivity contribution in [3.8, 4) is 0 Å². The van der Waals surface area contributed by atoms with Crippen LogP contribution in [0.3, 0.4) is 0 Å². The standard InChI is InChI=1S/C12H18N6O/c1-5-9-6-11(15-12(14-9)18(3)4)13-7-10-8(2)16-19-17-10/h6H,5,7H2,1-4H3,(H,13,14,15). The van der Waals surface area contributed by atoms with Crippen molar-refractivity contribution in [1.82, 2.24) is 20.3 Å². The summed E-state index contributed by atoms with van der Waals surface area (Å²) >= 11 is 0. The summed E-state index contributed by atoms with van der Waals surface area (Å²) in [5.41, 5.74) is 2.56. The van der Waals surface area contributed by atoms with E-state index in [1.807, 2.05) is 32.0 Å². The second-order valence-corrected chi connectivity index (χ2v) is 4.44. The minimum absolute atomic E-state index is 0.530. The van der Waals surface area contributed by atoms with Crippen molar-refractivity contribution in [1.29, 1.82) is 0 Å². The van der Waals surface area contributed by atoms with Gasteiger partial charge in [-0.05, 0) is 13.3 Å². The summed E-state index contributed by atoms with van der Waals surface area (Å²) in [6, 6.07) is 1.94. The Labute approximate surface area is 112 Å². The lowest BCUT2D eigenvalue weighted by molar-refractivity contribution is 0.301. The average Bonchev–Trinajstić information content (AvgIpc) is 2.81. The Hall–Kier alpha value is -2.18. The fourth-order valence-corrected chi connectivity index (χ4v) is 1.54. The van der Waals surface area contributed by atoms with Crippen molar-refractivity contribution in [3.63, 3.8) is 0 Å². The van der Waals surface area contributed by atoms with Crippen molar-refractivity contribution in [3.05, 3.63) is 23.1 Å². The van der Waals surface area contributed by atoms with Crippen LogP contribution in [-0.2, 0) is 13.0 Å². The van der Waals surface area contributed by atoms with E-state index < -0.39 is 0 Å². The van der Waals surface area contributed by atoms with E-state index in [-0.39, 0.29) is 0 Å². The maximum absolute atomic E-state index is 4.66. The average molecular weight is 262 g/mol. The van der Waals surface area contributed by atoms with E-state index in [9.17, 15) is 0 Å². The summed E-state index contributed by atoms with van der Waals surface area (Å²) in [5.74, 6) is 1.47. The first-order valence-electron chi connectivity index (χ1n) is 6.17. The number of hydrogen-bond acceptors (Lipinski definition) is 7. The van der Waals surface area contributed by atoms with Gasteiger partial charge in [-0.3, -0.25) is 0 Å². The van der Waals surface area contributed by atoms with Crippen LogP contribution < -0.4 is 10.2 Å². The van der Waals surface area contributed by atoms with Crippen LogP contribution >= 0.6 is 0 Å². The molecule has 0 unspecified atom stereocenters. The maximum atomic E-state index is 4.66. The predicted octanol–water partition coefficient (Wildman–Crippen LogP) is 1.41. The number of rotatable bonds is 5. The molecule has 2 aromatic heterocycles. The van der Waals surface area contributed by atoms with E-state index in [1.54, 1.807) is 0 Å². The molecule has 7 nitrogen and oxygen atoms in total. The van der Waals surface area contributed by atoms with Gasteiger partial charge in [0.1, 0.15) is 17.2 Å². The lowest BCUT2D eigenvalue weighted by Crippen LogP contribution is -2.15. The van der Waals surface area contributed by atoms with Gasteiger partial charge in [0.05, 0.1) is 6.54 Å². The Kier molecular flexibility index (Phi) is 3.94. The zero-order chi connectivity index (χ0) is 13.8. The topological polar surface area (TPSA) is 80.0 Å². The molecule has 0 radical (unpaired) electrons. The molecule has 102 valence electrons. The Morgan fingerprint density at radius 1 is 1.26 bits per heavy atom. The van der Waals surface area contributed by atoms with Crippen LogP contribution in [-0.4, -0.2) is 34.4 Å². The second-order valence-electron chi connectivity index (χ2n) is 4.44. The van der Waals surface area contributed by atoms with Gasteiger partial charge in [0.25, 0.3) is 0 Å². The Balaban J connectivity index is 2.15. The van der Waals surface area contributed by atoms with Gasteiger partial charge in [0, 0.05) is 25.9 Å². The number of nitrogens with zero attached hydrogens (tertiary/aromatic N) is 5. The van der Waals surface area contributed by atoms with Crippen LogP contribution in [0, 0.1) is 6.92 Å². The van der Waals surface area contributed by atoms with Crippen molar-refractivity contribution >= 4 is 11.8 Å². The van der Waals surface area contributed by atoms with Crippen LogP contribution in [0.15, 0.2) is 10.7 Å². The predicted molar refractivity (Wildman–Crippen MR) is 72.1 cm³/mol. The van der Waals surface area contributed by atoms with Gasteiger partial charge in [-0.15, -0.1) is 0 Å². The molecule has 0 fully saturated rings. The van der Waals surface area contributed by atoms with Crippen molar-refractivity contribution in [2.45, 2.75) is 26.8 Å². The molecule has 7 heteroatoms. The minimum Gasteiger partial charge on any atom is -0.364 e. The molecule has 0 spiro atoms. The molecule has 0 amide bonds. The lowest BCUT2D eigenvalue weighted by atomic mass is 10.3. The van der Waals surface area contributed by atoms with Gasteiger partial charge < -0.3 is 10.2 Å². The molecule has 0 aromatic carbocycles. The number of aryl methyl sites for hydroxylation is 2. The molecule has 19 heavy (non-hydrogen) atoms. The van der Waals surface area contributed by atoms with Gasteiger partial charge in [0.15, 0.2) is 0 Å². The van der Waals surface area contributed by atoms with Crippen molar-refractivity contribution in [2.75, 3.05) is 24.3 Å². The first kappa shape index (κ1) is 13.3. The summed E-state index contributed by atoms with van der Waals surface area (Å²) < 4.78 is 4.66. The van der Waals surface area contributed by atoms with Crippen LogP contribution in [0.5, 0.6) is 0 Å². The summed E-state index contributed by atoms with van der Waals surface area (Å²) in [6.07, 6.45) is 0.864. The molecular weight excluding hydrogens is 244 g/mol. The lowest BCUT2D eigenvalue weighted by Gasteiger charge is -2.13. The van der Waals surface area contributed by atoms with E-state index in [2.05, 4.69) is 37.2 Å². The first-order chi connectivity index (χ1) is 9.10. The molecule has 0 aliphatic rings. The zero-order valence-corrected chi connectivity index (χ0v) is 11.6. The Bertz CT molecular complexity index is 551. The van der Waals surface area contributed by atoms with E-state index >= 15 is 0 Å². The number of nitrogens with one attached hydrogen (secondary N) is 1. The van der Waals surface area contributed by atoms with Crippen LogP contribution in [0.25, 0.3) is 0 Å². The summed E-state index contributed by atoms with van der Waals surface area (Å²) in [4.78, 5) is 10.8. The molecule has 1 N–H and O–H groups in total. The highest BCUT2D eigenvalue weighted by atomic mass is 16.6. The third-order valence-corrected chi connectivity index (χ3v) is 2.71. The molecule has 0 aliphatic heterocycles. The molecule has 2 aromatic rings. The normalized spacial score (nSPS) is 10.5. The quantitative estimate of drug-likeness (QED) is 0.872. The van der Waals surface area contributed by atoms with Crippen molar-refractivity contribution < 1.29 is 4.63 Å².